The van der Waals surface area contributed by atoms with E-state index in [9.17, 15) is 4.79 Å². The fourth-order valence-corrected chi connectivity index (χ4v) is 1.55. The van der Waals surface area contributed by atoms with E-state index in [-0.39, 0.29) is 12.1 Å². The number of benzene rings is 1. The van der Waals surface area contributed by atoms with Crippen molar-refractivity contribution in [2.24, 2.45) is 0 Å². The molecule has 0 saturated carbocycles. The predicted octanol–water partition coefficient (Wildman–Crippen LogP) is 2.08. The van der Waals surface area contributed by atoms with Crippen LogP contribution in [0.25, 0.3) is 0 Å². The number of nitrogens with one attached hydrogen (secondary N) is 1. The van der Waals surface area contributed by atoms with Crippen LogP contribution in [0.4, 0.5) is 4.79 Å². The molecule has 74 valence electrons. The predicted molar refractivity (Wildman–Crippen MR) is 53.1 cm³/mol. The molecule has 3 nitrogen and oxygen atoms in total. The summed E-state index contributed by atoms with van der Waals surface area (Å²) in [5, 5.41) is 2.76. The number of rotatable bonds is 1. The van der Waals surface area contributed by atoms with E-state index in [4.69, 9.17) is 4.74 Å². The second-order valence-corrected chi connectivity index (χ2v) is 3.64. The number of hydrogen-bond acceptors (Lipinski definition) is 2. The lowest BCUT2D eigenvalue weighted by Crippen LogP contribution is -2.18. The highest BCUT2D eigenvalue weighted by molar-refractivity contribution is 5.70. The Bertz CT molecular complexity index is 374. The summed E-state index contributed by atoms with van der Waals surface area (Å²) >= 11 is 0. The quantitative estimate of drug-likeness (QED) is 0.738. The molecule has 1 atom stereocenters. The zero-order valence-electron chi connectivity index (χ0n) is 8.33. The number of aryl methyl sites for hydroxylation is 2. The number of hydrogen-bond donors (Lipinski definition) is 1. The number of cyclic esters (lactones) is 1. The number of carbonyl (C=O) groups excluding carboxylic acids is 1. The Kier molecular flexibility index (Phi) is 2.15. The molecule has 1 aliphatic heterocycles. The third-order valence-electron chi connectivity index (χ3n) is 2.61. The number of alkyl carbamates (subject to hydrolysis) is 1. The van der Waals surface area contributed by atoms with Gasteiger partial charge in [-0.15, -0.1) is 0 Å². The molecular formula is C11H13NO2. The van der Waals surface area contributed by atoms with Crippen molar-refractivity contribution in [2.75, 3.05) is 6.61 Å². The molecule has 0 bridgehead atoms. The van der Waals surface area contributed by atoms with Gasteiger partial charge in [-0.3, -0.25) is 0 Å². The highest BCUT2D eigenvalue weighted by atomic mass is 16.6. The van der Waals surface area contributed by atoms with Crippen molar-refractivity contribution >= 4 is 6.09 Å². The van der Waals surface area contributed by atoms with Crippen LogP contribution in [0, 0.1) is 13.8 Å². The molecule has 1 aliphatic rings. The lowest BCUT2D eigenvalue weighted by molar-refractivity contribution is 0.177. The van der Waals surface area contributed by atoms with E-state index in [1.807, 2.05) is 6.07 Å². The minimum absolute atomic E-state index is 0.0156. The van der Waals surface area contributed by atoms with Crippen LogP contribution in [0.15, 0.2) is 18.2 Å². The van der Waals surface area contributed by atoms with Gasteiger partial charge in [0.2, 0.25) is 0 Å². The first-order chi connectivity index (χ1) is 6.66. The average Bonchev–Trinajstić information content (AvgIpc) is 2.57. The molecule has 0 radical (unpaired) electrons. The van der Waals surface area contributed by atoms with Crippen molar-refractivity contribution in [3.63, 3.8) is 0 Å². The van der Waals surface area contributed by atoms with Crippen LogP contribution in [0.3, 0.4) is 0 Å². The van der Waals surface area contributed by atoms with E-state index in [0.717, 1.165) is 5.56 Å². The fourth-order valence-electron chi connectivity index (χ4n) is 1.55. The van der Waals surface area contributed by atoms with Crippen molar-refractivity contribution in [1.82, 2.24) is 5.32 Å². The van der Waals surface area contributed by atoms with Gasteiger partial charge in [-0.05, 0) is 30.5 Å². The molecule has 1 heterocycles. The molecule has 14 heavy (non-hydrogen) atoms. The topological polar surface area (TPSA) is 38.3 Å². The third-order valence-corrected chi connectivity index (χ3v) is 2.61. The highest BCUT2D eigenvalue weighted by Crippen LogP contribution is 2.20. The standard InChI is InChI=1S/C11H13NO2/c1-7-3-4-9(5-8(7)2)10-6-14-11(13)12-10/h3-5,10H,6H2,1-2H3,(H,12,13)/t10-/m0/s1. The molecule has 0 aromatic heterocycles. The van der Waals surface area contributed by atoms with Crippen molar-refractivity contribution in [2.45, 2.75) is 19.9 Å². The maximum absolute atomic E-state index is 10.8. The van der Waals surface area contributed by atoms with Crippen molar-refractivity contribution < 1.29 is 9.53 Å². The van der Waals surface area contributed by atoms with Gasteiger partial charge >= 0.3 is 6.09 Å². The van der Waals surface area contributed by atoms with Crippen molar-refractivity contribution in [1.29, 1.82) is 0 Å². The molecule has 2 rings (SSSR count). The van der Waals surface area contributed by atoms with Gasteiger partial charge in [0.25, 0.3) is 0 Å². The van der Waals surface area contributed by atoms with Gasteiger partial charge in [0.05, 0.1) is 6.04 Å². The second kappa shape index (κ2) is 3.33. The minimum atomic E-state index is -0.326. The Balaban J connectivity index is 2.24. The number of amides is 1. The van der Waals surface area contributed by atoms with Crippen LogP contribution in [0.5, 0.6) is 0 Å². The van der Waals surface area contributed by atoms with Crippen LogP contribution in [0.1, 0.15) is 22.7 Å². The van der Waals surface area contributed by atoms with E-state index in [1.165, 1.54) is 11.1 Å². The molecule has 0 unspecified atom stereocenters. The largest absolute Gasteiger partial charge is 0.447 e. The first-order valence-corrected chi connectivity index (χ1v) is 4.67. The summed E-state index contributed by atoms with van der Waals surface area (Å²) in [7, 11) is 0. The van der Waals surface area contributed by atoms with E-state index < -0.39 is 0 Å². The van der Waals surface area contributed by atoms with Crippen LogP contribution in [-0.2, 0) is 4.74 Å². The maximum Gasteiger partial charge on any atom is 0.407 e. The molecule has 1 amide bonds. The molecule has 3 heteroatoms. The Labute approximate surface area is 83.1 Å². The van der Waals surface area contributed by atoms with Crippen LogP contribution in [-0.4, -0.2) is 12.7 Å². The van der Waals surface area contributed by atoms with Gasteiger partial charge in [0.1, 0.15) is 6.61 Å². The van der Waals surface area contributed by atoms with Crippen LogP contribution < -0.4 is 5.32 Å². The summed E-state index contributed by atoms with van der Waals surface area (Å²) < 4.78 is 4.84. The second-order valence-electron chi connectivity index (χ2n) is 3.64. The van der Waals surface area contributed by atoms with Crippen molar-refractivity contribution in [3.05, 3.63) is 34.9 Å². The van der Waals surface area contributed by atoms with Crippen LogP contribution in [0.2, 0.25) is 0 Å². The van der Waals surface area contributed by atoms with Crippen LogP contribution >= 0.6 is 0 Å². The summed E-state index contributed by atoms with van der Waals surface area (Å²) in [6, 6.07) is 6.20. The summed E-state index contributed by atoms with van der Waals surface area (Å²) in [4.78, 5) is 10.8. The molecular weight excluding hydrogens is 178 g/mol. The molecule has 1 aromatic rings. The molecule has 1 saturated heterocycles. The third kappa shape index (κ3) is 1.58. The normalized spacial score (nSPS) is 20.4. The van der Waals surface area contributed by atoms with E-state index in [1.54, 1.807) is 0 Å². The summed E-state index contributed by atoms with van der Waals surface area (Å²) in [6.07, 6.45) is -0.326. The van der Waals surface area contributed by atoms with Gasteiger partial charge in [0, 0.05) is 0 Å². The molecule has 0 spiro atoms. The van der Waals surface area contributed by atoms with E-state index in [0.29, 0.717) is 6.61 Å². The van der Waals surface area contributed by atoms with Gasteiger partial charge in [0.15, 0.2) is 0 Å². The first-order valence-electron chi connectivity index (χ1n) is 4.67. The van der Waals surface area contributed by atoms with Gasteiger partial charge in [-0.1, -0.05) is 18.2 Å². The Hall–Kier alpha value is -1.51. The minimum Gasteiger partial charge on any atom is -0.447 e. The summed E-state index contributed by atoms with van der Waals surface area (Å²) in [6.45, 7) is 4.57. The zero-order chi connectivity index (χ0) is 10.1. The van der Waals surface area contributed by atoms with Gasteiger partial charge in [-0.25, -0.2) is 4.79 Å². The Morgan fingerprint density at radius 2 is 2.14 bits per heavy atom. The number of carbonyl (C=O) groups is 1. The zero-order valence-corrected chi connectivity index (χ0v) is 8.33. The summed E-state index contributed by atoms with van der Waals surface area (Å²) in [5.74, 6) is 0. The smallest absolute Gasteiger partial charge is 0.407 e. The Morgan fingerprint density at radius 3 is 2.71 bits per heavy atom. The fraction of sp³-hybridized carbons (Fsp3) is 0.364. The molecule has 1 N–H and O–H groups in total. The molecule has 1 aromatic carbocycles. The van der Waals surface area contributed by atoms with Gasteiger partial charge < -0.3 is 10.1 Å². The molecule has 0 aliphatic carbocycles. The van der Waals surface area contributed by atoms with Gasteiger partial charge in [-0.2, -0.15) is 0 Å². The summed E-state index contributed by atoms with van der Waals surface area (Å²) in [5.41, 5.74) is 3.61. The highest BCUT2D eigenvalue weighted by Gasteiger charge is 2.23. The Morgan fingerprint density at radius 1 is 1.36 bits per heavy atom. The SMILES string of the molecule is Cc1ccc([C@@H]2COC(=O)N2)cc1C. The number of ether oxygens (including phenoxy) is 1. The lowest BCUT2D eigenvalue weighted by atomic mass is 10.0. The molecule has 1 fully saturated rings. The average molecular weight is 191 g/mol. The van der Waals surface area contributed by atoms with Crippen molar-refractivity contribution in [3.8, 4) is 0 Å². The monoisotopic (exact) mass is 191 g/mol. The van der Waals surface area contributed by atoms with E-state index in [2.05, 4.69) is 31.3 Å². The lowest BCUT2D eigenvalue weighted by Gasteiger charge is -2.09. The van der Waals surface area contributed by atoms with E-state index >= 15 is 0 Å². The first kappa shape index (κ1) is 9.06. The maximum atomic E-state index is 10.8.